The lowest BCUT2D eigenvalue weighted by Crippen LogP contribution is -2.23. The van der Waals surface area contributed by atoms with Gasteiger partial charge in [-0.1, -0.05) is 6.07 Å². The van der Waals surface area contributed by atoms with E-state index in [4.69, 9.17) is 23.9 Å². The number of benzene rings is 2. The van der Waals surface area contributed by atoms with Crippen molar-refractivity contribution in [1.82, 2.24) is 19.1 Å². The number of pyridine rings is 2. The molecular weight excluding hydrogens is 484 g/mol. The molecule has 0 saturated heterocycles. The Morgan fingerprint density at radius 1 is 0.895 bits per heavy atom. The maximum atomic E-state index is 9.51. The van der Waals surface area contributed by atoms with Gasteiger partial charge in [0.05, 0.1) is 62.6 Å². The summed E-state index contributed by atoms with van der Waals surface area (Å²) in [5.74, 6) is 2.14. The molecule has 0 radical (unpaired) electrons. The molecule has 3 aromatic heterocycles. The van der Waals surface area contributed by atoms with Crippen LogP contribution in [0.2, 0.25) is 0 Å². The van der Waals surface area contributed by atoms with Gasteiger partial charge in [-0.15, -0.1) is 4.99 Å². The van der Waals surface area contributed by atoms with Crippen LogP contribution < -0.4 is 24.6 Å². The Morgan fingerprint density at radius 2 is 1.63 bits per heavy atom. The predicted molar refractivity (Wildman–Crippen MR) is 143 cm³/mol. The number of ether oxygens (including phenoxy) is 4. The first-order valence-corrected chi connectivity index (χ1v) is 11.7. The average molecular weight is 511 g/mol. The highest BCUT2D eigenvalue weighted by molar-refractivity contribution is 6.04. The number of aromatic nitrogens is 4. The number of nitriles is 1. The van der Waals surface area contributed by atoms with Crippen LogP contribution in [0.1, 0.15) is 5.69 Å². The van der Waals surface area contributed by atoms with Crippen LogP contribution in [0.25, 0.3) is 38.8 Å². The van der Waals surface area contributed by atoms with Crippen molar-refractivity contribution in [1.29, 1.82) is 5.26 Å². The van der Waals surface area contributed by atoms with E-state index in [9.17, 15) is 5.26 Å². The van der Waals surface area contributed by atoms with Crippen LogP contribution in [0.5, 0.6) is 23.1 Å². The molecule has 0 bridgehead atoms. The third kappa shape index (κ3) is 3.85. The van der Waals surface area contributed by atoms with E-state index in [1.807, 2.05) is 59.6 Å². The zero-order chi connectivity index (χ0) is 27.0. The monoisotopic (exact) mass is 510 g/mol. The van der Waals surface area contributed by atoms with Crippen molar-refractivity contribution in [2.24, 2.45) is 12.0 Å². The quantitative estimate of drug-likeness (QED) is 0.313. The van der Waals surface area contributed by atoms with Crippen molar-refractivity contribution in [3.63, 3.8) is 0 Å². The Bertz CT molecular complexity index is 1790. The summed E-state index contributed by atoms with van der Waals surface area (Å²) in [6.45, 7) is 1.89. The highest BCUT2D eigenvalue weighted by Crippen LogP contribution is 2.42. The minimum Gasteiger partial charge on any atom is -0.493 e. The molecule has 10 nitrogen and oxygen atoms in total. The smallest absolute Gasteiger partial charge is 0.226 e. The normalized spacial score (nSPS) is 11.6. The molecule has 0 amide bonds. The van der Waals surface area contributed by atoms with Crippen LogP contribution in [0, 0.1) is 18.4 Å². The van der Waals surface area contributed by atoms with Crippen LogP contribution in [0.3, 0.4) is 0 Å². The summed E-state index contributed by atoms with van der Waals surface area (Å²) in [4.78, 5) is 13.4. The number of fused-ring (bicyclic) bond motifs is 3. The van der Waals surface area contributed by atoms with Gasteiger partial charge in [0.2, 0.25) is 23.4 Å². The number of imidazole rings is 1. The molecule has 2 aromatic carbocycles. The first-order chi connectivity index (χ1) is 18.4. The van der Waals surface area contributed by atoms with Gasteiger partial charge >= 0.3 is 0 Å². The molecule has 5 aromatic rings. The summed E-state index contributed by atoms with van der Waals surface area (Å²) < 4.78 is 25.7. The van der Waals surface area contributed by atoms with Gasteiger partial charge in [-0.25, -0.2) is 4.98 Å². The first-order valence-electron chi connectivity index (χ1n) is 11.7. The average Bonchev–Trinajstić information content (AvgIpc) is 3.23. The van der Waals surface area contributed by atoms with Crippen molar-refractivity contribution in [3.05, 3.63) is 60.0 Å². The summed E-state index contributed by atoms with van der Waals surface area (Å²) in [6.07, 6.45) is 3.73. The number of rotatable bonds is 6. The minimum absolute atomic E-state index is 0.449. The zero-order valence-electron chi connectivity index (χ0n) is 21.9. The summed E-state index contributed by atoms with van der Waals surface area (Å²) >= 11 is 0. The van der Waals surface area contributed by atoms with Gasteiger partial charge in [0.25, 0.3) is 0 Å². The van der Waals surface area contributed by atoms with Gasteiger partial charge in [-0.3, -0.25) is 9.55 Å². The first kappa shape index (κ1) is 24.6. The molecular formula is C28H26N6O4. The van der Waals surface area contributed by atoms with E-state index in [0.29, 0.717) is 28.7 Å². The molecule has 0 N–H and O–H groups in total. The Hall–Kier alpha value is -5.04. The molecule has 10 heteroatoms. The minimum atomic E-state index is 0.449. The van der Waals surface area contributed by atoms with Crippen molar-refractivity contribution in [3.8, 4) is 46.1 Å². The van der Waals surface area contributed by atoms with Crippen molar-refractivity contribution in [2.75, 3.05) is 28.4 Å². The van der Waals surface area contributed by atoms with E-state index in [-0.39, 0.29) is 0 Å². The van der Waals surface area contributed by atoms with Gasteiger partial charge in [-0.05, 0) is 48.4 Å². The van der Waals surface area contributed by atoms with Crippen LogP contribution in [-0.4, -0.2) is 47.5 Å². The maximum Gasteiger partial charge on any atom is 0.226 e. The standard InChI is InChI=1S/C28H26N6O4/c1-16-21(9-10-25(32-16)37-5)34-26-19-11-17(18-12-23(35-3)27(38-6)24(13-18)36-4)7-8-20(19)30-14-22(26)33(2)28(34)31-15-29/h7-14H,1-6H3/b31-28-. The molecule has 0 saturated carbocycles. The number of hydrogen-bond acceptors (Lipinski definition) is 8. The molecule has 0 aliphatic heterocycles. The summed E-state index contributed by atoms with van der Waals surface area (Å²) in [6, 6.07) is 13.5. The molecule has 0 spiro atoms. The van der Waals surface area contributed by atoms with E-state index in [2.05, 4.69) is 16.0 Å². The fourth-order valence-electron chi connectivity index (χ4n) is 4.71. The van der Waals surface area contributed by atoms with Gasteiger partial charge in [-0.2, -0.15) is 5.26 Å². The van der Waals surface area contributed by atoms with Gasteiger partial charge in [0.1, 0.15) is 0 Å². The Morgan fingerprint density at radius 3 is 2.24 bits per heavy atom. The Balaban J connectivity index is 1.87. The number of methoxy groups -OCH3 is 4. The fourth-order valence-corrected chi connectivity index (χ4v) is 4.71. The Labute approximate surface area is 218 Å². The summed E-state index contributed by atoms with van der Waals surface area (Å²) in [7, 11) is 8.19. The molecule has 0 fully saturated rings. The van der Waals surface area contributed by atoms with Gasteiger partial charge in [0.15, 0.2) is 11.5 Å². The van der Waals surface area contributed by atoms with Crippen LogP contribution in [0.15, 0.2) is 53.7 Å². The van der Waals surface area contributed by atoms with Crippen LogP contribution in [0.4, 0.5) is 0 Å². The molecule has 0 unspecified atom stereocenters. The lowest BCUT2D eigenvalue weighted by Gasteiger charge is -2.15. The van der Waals surface area contributed by atoms with Gasteiger partial charge < -0.3 is 23.5 Å². The number of aryl methyl sites for hydroxylation is 2. The molecule has 3 heterocycles. The fraction of sp³-hybridized carbons (Fsp3) is 0.214. The molecule has 5 rings (SSSR count). The van der Waals surface area contributed by atoms with Crippen molar-refractivity contribution < 1.29 is 18.9 Å². The highest BCUT2D eigenvalue weighted by Gasteiger charge is 2.19. The molecule has 0 atom stereocenters. The lowest BCUT2D eigenvalue weighted by molar-refractivity contribution is 0.324. The van der Waals surface area contributed by atoms with E-state index in [1.165, 1.54) is 0 Å². The number of hydrogen-bond donors (Lipinski definition) is 0. The highest BCUT2D eigenvalue weighted by atomic mass is 16.5. The third-order valence-electron chi connectivity index (χ3n) is 6.54. The molecule has 0 aliphatic carbocycles. The van der Waals surface area contributed by atoms with E-state index < -0.39 is 0 Å². The second-order valence-corrected chi connectivity index (χ2v) is 8.50. The lowest BCUT2D eigenvalue weighted by atomic mass is 10.0. The second kappa shape index (κ2) is 9.78. The summed E-state index contributed by atoms with van der Waals surface area (Å²) in [5.41, 5.74) is 6.19. The summed E-state index contributed by atoms with van der Waals surface area (Å²) in [5, 5.41) is 10.4. The third-order valence-corrected chi connectivity index (χ3v) is 6.54. The molecule has 38 heavy (non-hydrogen) atoms. The zero-order valence-corrected chi connectivity index (χ0v) is 21.9. The SMILES string of the molecule is COc1ccc(-n2/c(=N\C#N)n(C)c3cnc4ccc(-c5cc(OC)c(OC)c(OC)c5)cc4c32)c(C)n1. The Kier molecular flexibility index (Phi) is 6.34. The largest absolute Gasteiger partial charge is 0.493 e. The van der Waals surface area contributed by atoms with E-state index in [1.54, 1.807) is 40.7 Å². The molecule has 0 aliphatic rings. The topological polar surface area (TPSA) is 109 Å². The van der Waals surface area contributed by atoms with Crippen molar-refractivity contribution in [2.45, 2.75) is 6.92 Å². The van der Waals surface area contributed by atoms with E-state index in [0.717, 1.165) is 44.4 Å². The van der Waals surface area contributed by atoms with Crippen LogP contribution in [-0.2, 0) is 7.05 Å². The predicted octanol–water partition coefficient (Wildman–Crippen LogP) is 4.30. The maximum absolute atomic E-state index is 9.51. The second-order valence-electron chi connectivity index (χ2n) is 8.50. The van der Waals surface area contributed by atoms with Crippen molar-refractivity contribution >= 4 is 21.9 Å². The van der Waals surface area contributed by atoms with E-state index >= 15 is 0 Å². The number of nitrogens with zero attached hydrogens (tertiary/aromatic N) is 6. The van der Waals surface area contributed by atoms with Crippen LogP contribution >= 0.6 is 0 Å². The molecule has 192 valence electrons. The van der Waals surface area contributed by atoms with Gasteiger partial charge in [0, 0.05) is 18.5 Å².